The number of pyridine rings is 1. The van der Waals surface area contributed by atoms with E-state index in [-0.39, 0.29) is 40.3 Å². The first kappa shape index (κ1) is 36.2. The van der Waals surface area contributed by atoms with Crippen LogP contribution in [0.15, 0.2) is 75.2 Å². The molecule has 0 spiro atoms. The average Bonchev–Trinajstić information content (AvgIpc) is 3.55. The lowest BCUT2D eigenvalue weighted by Crippen LogP contribution is -2.35. The minimum Gasteiger partial charge on any atom is -0.477 e. The largest absolute Gasteiger partial charge is 0.477 e. The van der Waals surface area contributed by atoms with E-state index in [1.54, 1.807) is 0 Å². The smallest absolute Gasteiger partial charge is 0.341 e. The van der Waals surface area contributed by atoms with E-state index in [2.05, 4.69) is 27.4 Å². The maximum Gasteiger partial charge on any atom is 0.341 e. The monoisotopic (exact) mass is 716 g/mol. The molecule has 1 aliphatic heterocycles. The summed E-state index contributed by atoms with van der Waals surface area (Å²) in [5, 5.41) is 15.5. The standard InChI is InChI=1S/C38H39F3N6O5/c1-3-24-14-26(8-6-22(24)2)43-34-18-35(48)46(38(52)44-34)12-5-4-11-45-13-10-23(20-45)19-42-31-17-33-27(16-29(31)40)36(49)28(37(50)51)21-47(33)32-9-7-25(39)15-30(32)41/h6-9,14-18,21,23,42-43H,3-5,10-13,19-20H2,1-2H3,(H,44,52)(H,50,51). The van der Waals surface area contributed by atoms with Gasteiger partial charge in [0.25, 0.3) is 5.56 Å². The van der Waals surface area contributed by atoms with Gasteiger partial charge in [0.1, 0.15) is 28.8 Å². The van der Waals surface area contributed by atoms with Gasteiger partial charge < -0.3 is 25.2 Å². The number of carbonyl (C=O) groups is 1. The van der Waals surface area contributed by atoms with Crippen molar-refractivity contribution in [2.45, 2.75) is 46.1 Å². The van der Waals surface area contributed by atoms with E-state index >= 15 is 4.39 Å². The topological polar surface area (TPSA) is 141 Å². The van der Waals surface area contributed by atoms with E-state index in [4.69, 9.17) is 0 Å². The molecule has 0 aliphatic carbocycles. The van der Waals surface area contributed by atoms with Crippen molar-refractivity contribution in [1.29, 1.82) is 0 Å². The molecule has 6 rings (SSSR count). The molecule has 11 nitrogen and oxygen atoms in total. The van der Waals surface area contributed by atoms with Crippen LogP contribution in [0.1, 0.15) is 47.7 Å². The number of aromatic nitrogens is 3. The van der Waals surface area contributed by atoms with E-state index in [0.29, 0.717) is 24.8 Å². The van der Waals surface area contributed by atoms with Crippen LogP contribution in [0.2, 0.25) is 0 Å². The number of nitrogens with zero attached hydrogens (tertiary/aromatic N) is 3. The van der Waals surface area contributed by atoms with Gasteiger partial charge in [-0.15, -0.1) is 0 Å². The molecule has 1 unspecified atom stereocenters. The number of halogens is 3. The quantitative estimate of drug-likeness (QED) is 0.112. The van der Waals surface area contributed by atoms with Crippen LogP contribution in [0.25, 0.3) is 16.6 Å². The first-order valence-corrected chi connectivity index (χ1v) is 17.2. The summed E-state index contributed by atoms with van der Waals surface area (Å²) in [6.45, 7) is 7.08. The number of carboxylic acid groups (broad SMARTS) is 1. The van der Waals surface area contributed by atoms with Gasteiger partial charge in [-0.3, -0.25) is 19.1 Å². The van der Waals surface area contributed by atoms with Gasteiger partial charge in [-0.25, -0.2) is 22.8 Å². The Labute approximate surface area is 296 Å². The summed E-state index contributed by atoms with van der Waals surface area (Å²) in [5.41, 5.74) is 0.563. The predicted octanol–water partition coefficient (Wildman–Crippen LogP) is 5.78. The Morgan fingerprint density at radius 2 is 1.77 bits per heavy atom. The van der Waals surface area contributed by atoms with Gasteiger partial charge >= 0.3 is 11.7 Å². The molecule has 5 aromatic rings. The van der Waals surface area contributed by atoms with Crippen LogP contribution in [0, 0.1) is 30.3 Å². The van der Waals surface area contributed by atoms with E-state index in [1.807, 2.05) is 25.1 Å². The number of hydrogen-bond donors (Lipinski definition) is 4. The highest BCUT2D eigenvalue weighted by atomic mass is 19.1. The minimum absolute atomic E-state index is 0.0474. The van der Waals surface area contributed by atoms with Crippen molar-refractivity contribution < 1.29 is 23.1 Å². The lowest BCUT2D eigenvalue weighted by Gasteiger charge is -2.18. The second-order valence-corrected chi connectivity index (χ2v) is 13.1. The minimum atomic E-state index is -1.56. The van der Waals surface area contributed by atoms with Crippen LogP contribution in [0.3, 0.4) is 0 Å². The number of nitrogens with one attached hydrogen (secondary N) is 3. The maximum atomic E-state index is 15.3. The Hall–Kier alpha value is -5.63. The van der Waals surface area contributed by atoms with Crippen molar-refractivity contribution in [3.63, 3.8) is 0 Å². The number of fused-ring (bicyclic) bond motifs is 1. The molecular weight excluding hydrogens is 677 g/mol. The van der Waals surface area contributed by atoms with Gasteiger partial charge in [0.2, 0.25) is 5.43 Å². The Morgan fingerprint density at radius 1 is 0.981 bits per heavy atom. The molecule has 1 saturated heterocycles. The number of H-pyrrole nitrogens is 1. The maximum absolute atomic E-state index is 15.3. The summed E-state index contributed by atoms with van der Waals surface area (Å²) in [6, 6.07) is 12.3. The zero-order chi connectivity index (χ0) is 37.1. The van der Waals surface area contributed by atoms with Gasteiger partial charge in [-0.05, 0) is 99.1 Å². The number of carboxylic acids is 1. The third-order valence-electron chi connectivity index (χ3n) is 9.58. The Morgan fingerprint density at radius 3 is 2.50 bits per heavy atom. The Bertz CT molecular complexity index is 2300. The number of benzene rings is 3. The van der Waals surface area contributed by atoms with Crippen molar-refractivity contribution in [2.24, 2.45) is 5.92 Å². The summed E-state index contributed by atoms with van der Waals surface area (Å²) in [4.78, 5) is 55.2. The van der Waals surface area contributed by atoms with E-state index in [1.165, 1.54) is 27.8 Å². The number of aryl methyl sites for hydroxylation is 2. The van der Waals surface area contributed by atoms with Crippen molar-refractivity contribution in [1.82, 2.24) is 19.0 Å². The van der Waals surface area contributed by atoms with Crippen LogP contribution < -0.4 is 27.3 Å². The third kappa shape index (κ3) is 7.81. The molecule has 0 amide bonds. The molecule has 52 heavy (non-hydrogen) atoms. The fourth-order valence-electron chi connectivity index (χ4n) is 6.74. The van der Waals surface area contributed by atoms with Crippen LogP contribution >= 0.6 is 0 Å². The number of anilines is 3. The predicted molar refractivity (Wildman–Crippen MR) is 194 cm³/mol. The SMILES string of the molecule is CCc1cc(Nc2cc(=O)n(CCCCN3CCC(CNc4cc5c(cc4F)c(=O)c(C(=O)O)cn5-c4ccc(F)cc4F)C3)c(=O)[nH]2)ccc1C. The second kappa shape index (κ2) is 15.3. The van der Waals surface area contributed by atoms with Gasteiger partial charge in [0, 0.05) is 49.0 Å². The van der Waals surface area contributed by atoms with Gasteiger partial charge in [0.15, 0.2) is 0 Å². The molecule has 0 bridgehead atoms. The summed E-state index contributed by atoms with van der Waals surface area (Å²) in [6.07, 6.45) is 4.03. The summed E-state index contributed by atoms with van der Waals surface area (Å²) in [7, 11) is 0. The second-order valence-electron chi connectivity index (χ2n) is 13.1. The molecule has 4 N–H and O–H groups in total. The van der Waals surface area contributed by atoms with E-state index < -0.39 is 40.1 Å². The molecule has 1 aliphatic rings. The molecule has 14 heteroatoms. The lowest BCUT2D eigenvalue weighted by atomic mass is 10.1. The molecule has 0 radical (unpaired) electrons. The summed E-state index contributed by atoms with van der Waals surface area (Å²) >= 11 is 0. The van der Waals surface area contributed by atoms with Crippen LogP contribution in [-0.4, -0.2) is 56.3 Å². The van der Waals surface area contributed by atoms with Crippen LogP contribution in [-0.2, 0) is 13.0 Å². The van der Waals surface area contributed by atoms with Crippen LogP contribution in [0.4, 0.5) is 30.4 Å². The van der Waals surface area contributed by atoms with Crippen molar-refractivity contribution in [3.05, 3.63) is 126 Å². The van der Waals surface area contributed by atoms with Gasteiger partial charge in [-0.2, -0.15) is 0 Å². The molecular formula is C38H39F3N6O5. The van der Waals surface area contributed by atoms with E-state index in [9.17, 15) is 33.1 Å². The highest BCUT2D eigenvalue weighted by molar-refractivity contribution is 5.94. The zero-order valence-electron chi connectivity index (χ0n) is 28.8. The number of hydrogen-bond acceptors (Lipinski definition) is 7. The zero-order valence-corrected chi connectivity index (χ0v) is 28.8. The van der Waals surface area contributed by atoms with Gasteiger partial charge in [-0.1, -0.05) is 13.0 Å². The number of aromatic carboxylic acids is 1. The van der Waals surface area contributed by atoms with Crippen molar-refractivity contribution >= 4 is 34.1 Å². The normalized spacial score (nSPS) is 14.6. The molecule has 1 fully saturated rings. The number of likely N-dealkylation sites (tertiary alicyclic amines) is 1. The highest BCUT2D eigenvalue weighted by Crippen LogP contribution is 2.27. The fourth-order valence-corrected chi connectivity index (χ4v) is 6.74. The Balaban J connectivity index is 1.05. The molecule has 0 saturated carbocycles. The number of rotatable bonds is 13. The van der Waals surface area contributed by atoms with Gasteiger partial charge in [0.05, 0.1) is 16.9 Å². The first-order valence-electron chi connectivity index (χ1n) is 17.2. The number of unbranched alkanes of at least 4 members (excludes halogenated alkanes) is 1. The van der Waals surface area contributed by atoms with Crippen molar-refractivity contribution in [2.75, 3.05) is 36.8 Å². The highest BCUT2D eigenvalue weighted by Gasteiger charge is 2.23. The first-order chi connectivity index (χ1) is 24.9. The molecule has 3 heterocycles. The molecule has 2 aromatic heterocycles. The number of aromatic amines is 1. The molecule has 272 valence electrons. The van der Waals surface area contributed by atoms with Crippen molar-refractivity contribution in [3.8, 4) is 5.69 Å². The third-order valence-corrected chi connectivity index (χ3v) is 9.58. The van der Waals surface area contributed by atoms with Crippen LogP contribution in [0.5, 0.6) is 0 Å². The molecule has 1 atom stereocenters. The average molecular weight is 717 g/mol. The lowest BCUT2D eigenvalue weighted by molar-refractivity contribution is 0.0695. The summed E-state index contributed by atoms with van der Waals surface area (Å²) < 4.78 is 46.0. The van der Waals surface area contributed by atoms with E-state index in [0.717, 1.165) is 73.5 Å². The fraction of sp³-hybridized carbons (Fsp3) is 0.316. The summed E-state index contributed by atoms with van der Waals surface area (Å²) in [5.74, 6) is -3.67. The molecule has 3 aromatic carbocycles. The Kier molecular flexibility index (Phi) is 10.7.